The van der Waals surface area contributed by atoms with Crippen LogP contribution >= 0.6 is 0 Å². The van der Waals surface area contributed by atoms with Crippen LogP contribution in [0.2, 0.25) is 0 Å². The van der Waals surface area contributed by atoms with Crippen molar-refractivity contribution in [3.05, 3.63) is 30.5 Å². The molecule has 1 aromatic carbocycles. The average Bonchev–Trinajstić information content (AvgIpc) is 3.08. The van der Waals surface area contributed by atoms with Crippen molar-refractivity contribution in [1.29, 1.82) is 0 Å². The minimum atomic E-state index is 0.183. The Bertz CT molecular complexity index is 595. The third-order valence-electron chi connectivity index (χ3n) is 3.96. The number of nitrogen functional groups attached to an aromatic ring is 1. The molecule has 0 amide bonds. The Morgan fingerprint density at radius 1 is 1.19 bits per heavy atom. The van der Waals surface area contributed by atoms with Gasteiger partial charge >= 0.3 is 0 Å². The van der Waals surface area contributed by atoms with E-state index < -0.39 is 0 Å². The monoisotopic (exact) mass is 285 g/mol. The third-order valence-corrected chi connectivity index (χ3v) is 3.96. The average molecular weight is 285 g/mol. The number of hydrogen-bond acceptors (Lipinski definition) is 3. The summed E-state index contributed by atoms with van der Waals surface area (Å²) in [5, 5.41) is 4.70. The minimum absolute atomic E-state index is 0.183. The molecule has 1 aromatic heterocycles. The van der Waals surface area contributed by atoms with Gasteiger partial charge in [-0.25, -0.2) is 0 Å². The van der Waals surface area contributed by atoms with E-state index in [1.807, 2.05) is 44.3 Å². The van der Waals surface area contributed by atoms with Gasteiger partial charge in [0.25, 0.3) is 0 Å². The molecule has 1 aliphatic carbocycles. The van der Waals surface area contributed by atoms with Crippen molar-refractivity contribution in [3.8, 4) is 17.0 Å². The molecule has 0 saturated heterocycles. The molecule has 2 N–H and O–H groups in total. The third kappa shape index (κ3) is 3.04. The smallest absolute Gasteiger partial charge is 0.119 e. The van der Waals surface area contributed by atoms with Crippen LogP contribution in [0.25, 0.3) is 11.3 Å². The molecule has 1 aliphatic rings. The molecular weight excluding hydrogens is 262 g/mol. The van der Waals surface area contributed by atoms with Gasteiger partial charge in [-0.2, -0.15) is 5.10 Å². The SMILES string of the molecule is CC(C)Oc1ccc(-c2nn(C3CCCC3)cc2N)cc1. The highest BCUT2D eigenvalue weighted by atomic mass is 16.5. The zero-order valence-electron chi connectivity index (χ0n) is 12.7. The lowest BCUT2D eigenvalue weighted by molar-refractivity contribution is 0.242. The molecule has 2 aromatic rings. The van der Waals surface area contributed by atoms with Crippen molar-refractivity contribution in [3.63, 3.8) is 0 Å². The molecule has 4 heteroatoms. The molecule has 0 bridgehead atoms. The molecule has 1 fully saturated rings. The molecule has 3 rings (SSSR count). The first kappa shape index (κ1) is 14.0. The summed E-state index contributed by atoms with van der Waals surface area (Å²) in [5.41, 5.74) is 8.81. The van der Waals surface area contributed by atoms with Crippen molar-refractivity contribution in [1.82, 2.24) is 9.78 Å². The first-order valence-electron chi connectivity index (χ1n) is 7.75. The second kappa shape index (κ2) is 5.80. The van der Waals surface area contributed by atoms with Gasteiger partial charge in [0.2, 0.25) is 0 Å². The second-order valence-electron chi connectivity index (χ2n) is 6.04. The standard InChI is InChI=1S/C17H23N3O/c1-12(2)21-15-9-7-13(8-10-15)17-16(18)11-20(19-17)14-5-3-4-6-14/h7-12,14H,3-6,18H2,1-2H3. The lowest BCUT2D eigenvalue weighted by Crippen LogP contribution is -2.05. The number of benzene rings is 1. The van der Waals surface area contributed by atoms with Crippen LogP contribution in [0.15, 0.2) is 30.5 Å². The van der Waals surface area contributed by atoms with Crippen molar-refractivity contribution < 1.29 is 4.74 Å². The summed E-state index contributed by atoms with van der Waals surface area (Å²) >= 11 is 0. The fraction of sp³-hybridized carbons (Fsp3) is 0.471. The Balaban J connectivity index is 1.82. The maximum Gasteiger partial charge on any atom is 0.119 e. The van der Waals surface area contributed by atoms with E-state index in [-0.39, 0.29) is 6.10 Å². The maximum atomic E-state index is 6.15. The van der Waals surface area contributed by atoms with Gasteiger partial charge in [-0.3, -0.25) is 4.68 Å². The van der Waals surface area contributed by atoms with Gasteiger partial charge in [-0.15, -0.1) is 0 Å². The van der Waals surface area contributed by atoms with E-state index in [0.29, 0.717) is 6.04 Å². The largest absolute Gasteiger partial charge is 0.491 e. The summed E-state index contributed by atoms with van der Waals surface area (Å²) in [6.45, 7) is 4.05. The summed E-state index contributed by atoms with van der Waals surface area (Å²) in [6.07, 6.45) is 7.16. The number of rotatable bonds is 4. The number of hydrogen-bond donors (Lipinski definition) is 1. The van der Waals surface area contributed by atoms with E-state index in [0.717, 1.165) is 22.7 Å². The van der Waals surface area contributed by atoms with Crippen LogP contribution in [0.5, 0.6) is 5.75 Å². The van der Waals surface area contributed by atoms with Gasteiger partial charge in [0.15, 0.2) is 0 Å². The molecule has 0 radical (unpaired) electrons. The van der Waals surface area contributed by atoms with E-state index >= 15 is 0 Å². The highest BCUT2D eigenvalue weighted by Crippen LogP contribution is 2.33. The molecule has 0 spiro atoms. The molecule has 21 heavy (non-hydrogen) atoms. The van der Waals surface area contributed by atoms with Gasteiger partial charge in [0.05, 0.1) is 17.8 Å². The first-order valence-corrected chi connectivity index (χ1v) is 7.75. The van der Waals surface area contributed by atoms with Gasteiger partial charge in [-0.05, 0) is 51.0 Å². The molecule has 0 aliphatic heterocycles. The highest BCUT2D eigenvalue weighted by Gasteiger charge is 2.19. The molecule has 1 saturated carbocycles. The number of nitrogens with two attached hydrogens (primary N) is 1. The predicted molar refractivity (Wildman–Crippen MR) is 85.3 cm³/mol. The second-order valence-corrected chi connectivity index (χ2v) is 6.04. The lowest BCUT2D eigenvalue weighted by atomic mass is 10.1. The molecule has 0 atom stereocenters. The zero-order valence-corrected chi connectivity index (χ0v) is 12.7. The summed E-state index contributed by atoms with van der Waals surface area (Å²) in [6, 6.07) is 8.52. The van der Waals surface area contributed by atoms with Gasteiger partial charge in [-0.1, -0.05) is 12.8 Å². The molecule has 4 nitrogen and oxygen atoms in total. The van der Waals surface area contributed by atoms with E-state index in [1.165, 1.54) is 25.7 Å². The van der Waals surface area contributed by atoms with Crippen LogP contribution in [0.4, 0.5) is 5.69 Å². The summed E-state index contributed by atoms with van der Waals surface area (Å²) < 4.78 is 7.72. The quantitative estimate of drug-likeness (QED) is 0.922. The van der Waals surface area contributed by atoms with E-state index in [9.17, 15) is 0 Å². The Morgan fingerprint density at radius 2 is 1.86 bits per heavy atom. The Kier molecular flexibility index (Phi) is 3.86. The van der Waals surface area contributed by atoms with E-state index in [2.05, 4.69) is 4.68 Å². The highest BCUT2D eigenvalue weighted by molar-refractivity contribution is 5.72. The van der Waals surface area contributed by atoms with Gasteiger partial charge in [0.1, 0.15) is 11.4 Å². The minimum Gasteiger partial charge on any atom is -0.491 e. The number of nitrogens with zero attached hydrogens (tertiary/aromatic N) is 2. The Hall–Kier alpha value is -1.97. The number of aromatic nitrogens is 2. The van der Waals surface area contributed by atoms with Crippen LogP contribution in [0, 0.1) is 0 Å². The van der Waals surface area contributed by atoms with Crippen LogP contribution in [-0.4, -0.2) is 15.9 Å². The van der Waals surface area contributed by atoms with Crippen LogP contribution < -0.4 is 10.5 Å². The van der Waals surface area contributed by atoms with Crippen molar-refractivity contribution in [2.24, 2.45) is 0 Å². The van der Waals surface area contributed by atoms with Crippen molar-refractivity contribution in [2.75, 3.05) is 5.73 Å². The molecule has 112 valence electrons. The van der Waals surface area contributed by atoms with E-state index in [4.69, 9.17) is 15.6 Å². The lowest BCUT2D eigenvalue weighted by Gasteiger charge is -2.10. The number of ether oxygens (including phenoxy) is 1. The van der Waals surface area contributed by atoms with Crippen LogP contribution in [0.3, 0.4) is 0 Å². The molecule has 0 unspecified atom stereocenters. The van der Waals surface area contributed by atoms with Crippen LogP contribution in [-0.2, 0) is 0 Å². The fourth-order valence-corrected chi connectivity index (χ4v) is 2.95. The fourth-order valence-electron chi connectivity index (χ4n) is 2.95. The summed E-state index contributed by atoms with van der Waals surface area (Å²) in [4.78, 5) is 0. The van der Waals surface area contributed by atoms with Crippen LogP contribution in [0.1, 0.15) is 45.6 Å². The predicted octanol–water partition coefficient (Wildman–Crippen LogP) is 4.03. The molecule has 1 heterocycles. The van der Waals surface area contributed by atoms with Gasteiger partial charge in [0, 0.05) is 11.8 Å². The zero-order chi connectivity index (χ0) is 14.8. The first-order chi connectivity index (χ1) is 10.1. The maximum absolute atomic E-state index is 6.15. The summed E-state index contributed by atoms with van der Waals surface area (Å²) in [5.74, 6) is 0.877. The van der Waals surface area contributed by atoms with Gasteiger partial charge < -0.3 is 10.5 Å². The van der Waals surface area contributed by atoms with Crippen molar-refractivity contribution >= 4 is 5.69 Å². The normalized spacial score (nSPS) is 15.8. The topological polar surface area (TPSA) is 53.1 Å². The molecular formula is C17H23N3O. The summed E-state index contributed by atoms with van der Waals surface area (Å²) in [7, 11) is 0. The number of anilines is 1. The Labute approximate surface area is 125 Å². The van der Waals surface area contributed by atoms with Crippen molar-refractivity contribution in [2.45, 2.75) is 51.7 Å². The van der Waals surface area contributed by atoms with E-state index in [1.54, 1.807) is 0 Å². The Morgan fingerprint density at radius 3 is 2.48 bits per heavy atom.